The second kappa shape index (κ2) is 5.01. The van der Waals surface area contributed by atoms with E-state index in [-0.39, 0.29) is 5.91 Å². The predicted octanol–water partition coefficient (Wildman–Crippen LogP) is 2.70. The van der Waals surface area contributed by atoms with Crippen LogP contribution in [0.5, 0.6) is 5.75 Å². The van der Waals surface area contributed by atoms with Crippen LogP contribution in [0.1, 0.15) is 10.4 Å². The molecule has 0 spiro atoms. The molecule has 5 nitrogen and oxygen atoms in total. The number of hydrogen-bond donors (Lipinski definition) is 1. The number of aromatic nitrogens is 1. The average molecular weight is 297 g/mol. The summed E-state index contributed by atoms with van der Waals surface area (Å²) in [5, 5.41) is 6.19. The van der Waals surface area contributed by atoms with Gasteiger partial charge in [-0.2, -0.15) is 0 Å². The third-order valence-electron chi connectivity index (χ3n) is 2.09. The van der Waals surface area contributed by atoms with E-state index in [1.807, 2.05) is 0 Å². The molecule has 0 aliphatic carbocycles. The van der Waals surface area contributed by atoms with Gasteiger partial charge in [0.05, 0.1) is 12.7 Å². The molecule has 2 aromatic rings. The summed E-state index contributed by atoms with van der Waals surface area (Å²) in [5.41, 5.74) is 0.429. The van der Waals surface area contributed by atoms with E-state index in [1.54, 1.807) is 24.3 Å². The largest absolute Gasteiger partial charge is 0.496 e. The molecular formula is C11H9BrN2O3. The number of carbonyl (C=O) groups excluding carboxylic acids is 1. The molecular weight excluding hydrogens is 288 g/mol. The Bertz CT molecular complexity index is 526. The number of hydrogen-bond acceptors (Lipinski definition) is 4. The summed E-state index contributed by atoms with van der Waals surface area (Å²) in [6, 6.07) is 6.71. The van der Waals surface area contributed by atoms with Crippen LogP contribution in [0.4, 0.5) is 5.82 Å². The lowest BCUT2D eigenvalue weighted by atomic mass is 10.2. The number of benzene rings is 1. The Kier molecular flexibility index (Phi) is 3.43. The van der Waals surface area contributed by atoms with Crippen LogP contribution in [-0.2, 0) is 0 Å². The molecule has 0 fully saturated rings. The van der Waals surface area contributed by atoms with E-state index in [0.29, 0.717) is 17.1 Å². The normalized spacial score (nSPS) is 10.0. The highest BCUT2D eigenvalue weighted by atomic mass is 79.9. The van der Waals surface area contributed by atoms with Crippen LogP contribution in [0.25, 0.3) is 0 Å². The van der Waals surface area contributed by atoms with Gasteiger partial charge in [0.1, 0.15) is 12.0 Å². The van der Waals surface area contributed by atoms with Gasteiger partial charge in [-0.15, -0.1) is 0 Å². The molecule has 0 unspecified atom stereocenters. The lowest BCUT2D eigenvalue weighted by Gasteiger charge is -2.07. The lowest BCUT2D eigenvalue weighted by Crippen LogP contribution is -2.13. The SMILES string of the molecule is COc1cc(Br)ccc1C(=O)Nc1ccon1. The fourth-order valence-electron chi connectivity index (χ4n) is 1.31. The second-order valence-corrected chi connectivity index (χ2v) is 4.10. The van der Waals surface area contributed by atoms with Crippen LogP contribution >= 0.6 is 15.9 Å². The lowest BCUT2D eigenvalue weighted by molar-refractivity contribution is 0.102. The standard InChI is InChI=1S/C11H9BrN2O3/c1-16-9-6-7(12)2-3-8(9)11(15)13-10-4-5-17-14-10/h2-6H,1H3,(H,13,14,15). The summed E-state index contributed by atoms with van der Waals surface area (Å²) in [5.74, 6) is 0.545. The molecule has 17 heavy (non-hydrogen) atoms. The van der Waals surface area contributed by atoms with Gasteiger partial charge in [-0.05, 0) is 18.2 Å². The first-order valence-corrected chi connectivity index (χ1v) is 5.55. The molecule has 1 amide bonds. The smallest absolute Gasteiger partial charge is 0.260 e. The first-order chi connectivity index (χ1) is 8.20. The van der Waals surface area contributed by atoms with Crippen molar-refractivity contribution in [2.75, 3.05) is 12.4 Å². The van der Waals surface area contributed by atoms with Crippen LogP contribution in [0.3, 0.4) is 0 Å². The van der Waals surface area contributed by atoms with Crippen LogP contribution in [-0.4, -0.2) is 18.2 Å². The Morgan fingerprint density at radius 2 is 2.29 bits per heavy atom. The van der Waals surface area contributed by atoms with Crippen molar-refractivity contribution in [3.05, 3.63) is 40.6 Å². The minimum atomic E-state index is -0.303. The van der Waals surface area contributed by atoms with Gasteiger partial charge in [-0.1, -0.05) is 21.1 Å². The summed E-state index contributed by atoms with van der Waals surface area (Å²) in [4.78, 5) is 11.9. The van der Waals surface area contributed by atoms with E-state index in [0.717, 1.165) is 4.47 Å². The zero-order valence-corrected chi connectivity index (χ0v) is 10.5. The number of halogens is 1. The van der Waals surface area contributed by atoms with Crippen LogP contribution in [0.15, 0.2) is 39.5 Å². The van der Waals surface area contributed by atoms with Crippen molar-refractivity contribution >= 4 is 27.7 Å². The maximum atomic E-state index is 11.9. The Hall–Kier alpha value is -1.82. The Labute approximate surface area is 106 Å². The fourth-order valence-corrected chi connectivity index (χ4v) is 1.65. The maximum Gasteiger partial charge on any atom is 0.260 e. The highest BCUT2D eigenvalue weighted by Gasteiger charge is 2.13. The van der Waals surface area contributed by atoms with Crippen molar-refractivity contribution in [1.82, 2.24) is 5.16 Å². The van der Waals surface area contributed by atoms with E-state index < -0.39 is 0 Å². The summed E-state index contributed by atoms with van der Waals surface area (Å²) >= 11 is 3.31. The summed E-state index contributed by atoms with van der Waals surface area (Å²) in [6.45, 7) is 0. The minimum Gasteiger partial charge on any atom is -0.496 e. The number of nitrogens with one attached hydrogen (secondary N) is 1. The molecule has 0 saturated heterocycles. The second-order valence-electron chi connectivity index (χ2n) is 3.18. The number of ether oxygens (including phenoxy) is 1. The van der Waals surface area contributed by atoms with Gasteiger partial charge in [0, 0.05) is 10.5 Å². The van der Waals surface area contributed by atoms with Gasteiger partial charge in [0.15, 0.2) is 5.82 Å². The molecule has 2 rings (SSSR count). The monoisotopic (exact) mass is 296 g/mol. The number of nitrogens with zero attached hydrogens (tertiary/aromatic N) is 1. The van der Waals surface area contributed by atoms with Crippen molar-refractivity contribution in [2.24, 2.45) is 0 Å². The number of amides is 1. The van der Waals surface area contributed by atoms with Gasteiger partial charge in [-0.25, -0.2) is 0 Å². The van der Waals surface area contributed by atoms with Gasteiger partial charge in [0.25, 0.3) is 5.91 Å². The van der Waals surface area contributed by atoms with Gasteiger partial charge < -0.3 is 14.6 Å². The van der Waals surface area contributed by atoms with E-state index in [4.69, 9.17) is 4.74 Å². The maximum absolute atomic E-state index is 11.9. The van der Waals surface area contributed by atoms with E-state index >= 15 is 0 Å². The molecule has 0 radical (unpaired) electrons. The Morgan fingerprint density at radius 3 is 2.94 bits per heavy atom. The highest BCUT2D eigenvalue weighted by molar-refractivity contribution is 9.10. The quantitative estimate of drug-likeness (QED) is 0.946. The molecule has 0 aliphatic rings. The summed E-state index contributed by atoms with van der Waals surface area (Å²) in [6.07, 6.45) is 1.38. The number of rotatable bonds is 3. The van der Waals surface area contributed by atoms with Gasteiger partial charge >= 0.3 is 0 Å². The van der Waals surface area contributed by atoms with Crippen molar-refractivity contribution in [3.63, 3.8) is 0 Å². The Morgan fingerprint density at radius 1 is 1.47 bits per heavy atom. The molecule has 1 aromatic carbocycles. The molecule has 0 saturated carbocycles. The first-order valence-electron chi connectivity index (χ1n) is 4.76. The molecule has 1 N–H and O–H groups in total. The topological polar surface area (TPSA) is 64.4 Å². The van der Waals surface area contributed by atoms with Crippen molar-refractivity contribution in [3.8, 4) is 5.75 Å². The Balaban J connectivity index is 2.24. The minimum absolute atomic E-state index is 0.303. The molecule has 0 aliphatic heterocycles. The summed E-state index contributed by atoms with van der Waals surface area (Å²) < 4.78 is 10.6. The predicted molar refractivity (Wildman–Crippen MR) is 65.2 cm³/mol. The molecule has 1 heterocycles. The third-order valence-corrected chi connectivity index (χ3v) is 2.58. The van der Waals surface area contributed by atoms with Crippen molar-refractivity contribution in [2.45, 2.75) is 0 Å². The zero-order chi connectivity index (χ0) is 12.3. The van der Waals surface area contributed by atoms with Gasteiger partial charge in [0.2, 0.25) is 0 Å². The van der Waals surface area contributed by atoms with E-state index in [9.17, 15) is 4.79 Å². The van der Waals surface area contributed by atoms with E-state index in [1.165, 1.54) is 13.4 Å². The van der Waals surface area contributed by atoms with E-state index in [2.05, 4.69) is 30.9 Å². The number of methoxy groups -OCH3 is 1. The molecule has 0 bridgehead atoms. The molecule has 1 aromatic heterocycles. The average Bonchev–Trinajstić information content (AvgIpc) is 2.81. The van der Waals surface area contributed by atoms with Crippen LogP contribution in [0, 0.1) is 0 Å². The molecule has 0 atom stereocenters. The third kappa shape index (κ3) is 2.65. The molecule has 6 heteroatoms. The fraction of sp³-hybridized carbons (Fsp3) is 0.0909. The highest BCUT2D eigenvalue weighted by Crippen LogP contribution is 2.24. The van der Waals surface area contributed by atoms with Crippen LogP contribution < -0.4 is 10.1 Å². The molecule has 88 valence electrons. The zero-order valence-electron chi connectivity index (χ0n) is 8.94. The summed E-state index contributed by atoms with van der Waals surface area (Å²) in [7, 11) is 1.51. The van der Waals surface area contributed by atoms with Gasteiger partial charge in [-0.3, -0.25) is 4.79 Å². The van der Waals surface area contributed by atoms with Crippen molar-refractivity contribution in [1.29, 1.82) is 0 Å². The van der Waals surface area contributed by atoms with Crippen molar-refractivity contribution < 1.29 is 14.1 Å². The first kappa shape index (κ1) is 11.7. The van der Waals surface area contributed by atoms with Crippen LogP contribution in [0.2, 0.25) is 0 Å². The number of anilines is 1. The number of carbonyl (C=O) groups is 1.